The number of rotatable bonds is 5. The molecule has 2 N–H and O–H groups in total. The molecule has 0 saturated carbocycles. The summed E-state index contributed by atoms with van der Waals surface area (Å²) in [5, 5.41) is 0. The van der Waals surface area contributed by atoms with Gasteiger partial charge in [-0.3, -0.25) is 9.59 Å². The minimum Gasteiger partial charge on any atom is -0.340 e. The van der Waals surface area contributed by atoms with Gasteiger partial charge in [0.15, 0.2) is 0 Å². The molecular formula is C21H31N3O2. The number of nitrogens with two attached hydrogens (primary N) is 1. The van der Waals surface area contributed by atoms with E-state index >= 15 is 0 Å². The molecule has 1 unspecified atom stereocenters. The van der Waals surface area contributed by atoms with Crippen molar-refractivity contribution in [3.05, 3.63) is 35.9 Å². The molecule has 2 aliphatic rings. The smallest absolute Gasteiger partial charge is 0.245 e. The number of benzene rings is 1. The van der Waals surface area contributed by atoms with Crippen molar-refractivity contribution in [2.24, 2.45) is 11.7 Å². The number of likely N-dealkylation sites (tertiary alicyclic amines) is 2. The van der Waals surface area contributed by atoms with Gasteiger partial charge in [-0.05, 0) is 43.7 Å². The highest BCUT2D eigenvalue weighted by molar-refractivity contribution is 5.88. The fourth-order valence-corrected chi connectivity index (χ4v) is 4.42. The molecule has 0 aliphatic carbocycles. The van der Waals surface area contributed by atoms with E-state index in [1.807, 2.05) is 34.9 Å². The van der Waals surface area contributed by atoms with Crippen LogP contribution in [-0.4, -0.2) is 53.8 Å². The van der Waals surface area contributed by atoms with Gasteiger partial charge in [-0.1, -0.05) is 37.3 Å². The Balaban J connectivity index is 1.73. The Morgan fingerprint density at radius 2 is 1.92 bits per heavy atom. The summed E-state index contributed by atoms with van der Waals surface area (Å²) in [5.74, 6) is 0.809. The largest absolute Gasteiger partial charge is 0.340 e. The van der Waals surface area contributed by atoms with Gasteiger partial charge < -0.3 is 15.5 Å². The minimum atomic E-state index is -0.282. The number of carbonyl (C=O) groups is 2. The summed E-state index contributed by atoms with van der Waals surface area (Å²) in [6, 6.07) is 10.1. The van der Waals surface area contributed by atoms with Crippen LogP contribution in [0.4, 0.5) is 0 Å². The van der Waals surface area contributed by atoms with E-state index in [4.69, 9.17) is 5.73 Å². The van der Waals surface area contributed by atoms with Crippen LogP contribution in [0.5, 0.6) is 0 Å². The molecule has 5 heteroatoms. The average molecular weight is 357 g/mol. The van der Waals surface area contributed by atoms with E-state index in [1.165, 1.54) is 5.56 Å². The first kappa shape index (κ1) is 18.9. The summed E-state index contributed by atoms with van der Waals surface area (Å²) in [4.78, 5) is 29.5. The van der Waals surface area contributed by atoms with Crippen molar-refractivity contribution < 1.29 is 9.59 Å². The SMILES string of the molecule is CCCC(=O)N1CCCCC1C(=O)N1C[C@@H](CN)[C@H](c2ccccc2)C1. The number of nitrogens with zero attached hydrogens (tertiary/aromatic N) is 2. The molecule has 0 aromatic heterocycles. The molecule has 26 heavy (non-hydrogen) atoms. The molecule has 142 valence electrons. The third kappa shape index (κ3) is 3.93. The molecule has 0 spiro atoms. The van der Waals surface area contributed by atoms with Gasteiger partial charge in [0.1, 0.15) is 6.04 Å². The van der Waals surface area contributed by atoms with E-state index < -0.39 is 0 Å². The Hall–Kier alpha value is -1.88. The predicted octanol–water partition coefficient (Wildman–Crippen LogP) is 2.37. The zero-order valence-electron chi connectivity index (χ0n) is 15.8. The maximum absolute atomic E-state index is 13.2. The fourth-order valence-electron chi connectivity index (χ4n) is 4.42. The van der Waals surface area contributed by atoms with Crippen molar-refractivity contribution >= 4 is 11.8 Å². The van der Waals surface area contributed by atoms with Gasteiger partial charge in [-0.15, -0.1) is 0 Å². The summed E-state index contributed by atoms with van der Waals surface area (Å²) in [6.07, 6.45) is 4.15. The van der Waals surface area contributed by atoms with Crippen molar-refractivity contribution in [3.8, 4) is 0 Å². The first-order chi connectivity index (χ1) is 12.7. The van der Waals surface area contributed by atoms with Crippen molar-refractivity contribution in [2.45, 2.75) is 51.0 Å². The second kappa shape index (κ2) is 8.67. The first-order valence-electron chi connectivity index (χ1n) is 9.99. The van der Waals surface area contributed by atoms with Crippen molar-refractivity contribution in [2.75, 3.05) is 26.2 Å². The third-order valence-electron chi connectivity index (χ3n) is 5.86. The summed E-state index contributed by atoms with van der Waals surface area (Å²) in [6.45, 7) is 4.70. The molecule has 0 radical (unpaired) electrons. The van der Waals surface area contributed by atoms with E-state index in [9.17, 15) is 9.59 Å². The molecule has 2 fully saturated rings. The molecule has 3 rings (SSSR count). The van der Waals surface area contributed by atoms with Crippen molar-refractivity contribution in [1.29, 1.82) is 0 Å². The number of hydrogen-bond donors (Lipinski definition) is 1. The standard InChI is InChI=1S/C21H31N3O2/c1-2-8-20(25)24-12-7-6-11-19(24)21(26)23-14-17(13-22)18(15-23)16-9-4-3-5-10-16/h3-5,9-10,17-19H,2,6-8,11-15,22H2,1H3/t17-,18+,19?/m1/s1. The van der Waals surface area contributed by atoms with Crippen LogP contribution in [0.2, 0.25) is 0 Å². The monoisotopic (exact) mass is 357 g/mol. The minimum absolute atomic E-state index is 0.117. The Morgan fingerprint density at radius 1 is 1.15 bits per heavy atom. The van der Waals surface area contributed by atoms with Crippen LogP contribution < -0.4 is 5.73 Å². The lowest BCUT2D eigenvalue weighted by Gasteiger charge is -2.37. The van der Waals surface area contributed by atoms with E-state index in [1.54, 1.807) is 0 Å². The van der Waals surface area contributed by atoms with Gasteiger partial charge in [0.25, 0.3) is 0 Å². The zero-order chi connectivity index (χ0) is 18.5. The molecule has 2 aliphatic heterocycles. The van der Waals surface area contributed by atoms with Crippen LogP contribution in [0.1, 0.15) is 50.5 Å². The van der Waals surface area contributed by atoms with Gasteiger partial charge in [-0.25, -0.2) is 0 Å². The maximum atomic E-state index is 13.2. The van der Waals surface area contributed by atoms with Gasteiger partial charge in [0.2, 0.25) is 11.8 Å². The lowest BCUT2D eigenvalue weighted by atomic mass is 9.89. The Morgan fingerprint density at radius 3 is 2.62 bits per heavy atom. The highest BCUT2D eigenvalue weighted by Gasteiger charge is 2.40. The molecule has 3 atom stereocenters. The molecule has 5 nitrogen and oxygen atoms in total. The lowest BCUT2D eigenvalue weighted by Crippen LogP contribution is -2.52. The number of amides is 2. The predicted molar refractivity (Wildman–Crippen MR) is 103 cm³/mol. The first-order valence-corrected chi connectivity index (χ1v) is 9.99. The highest BCUT2D eigenvalue weighted by atomic mass is 16.2. The molecule has 0 bridgehead atoms. The Bertz CT molecular complexity index is 619. The molecule has 2 saturated heterocycles. The van der Waals surface area contributed by atoms with Crippen LogP contribution in [-0.2, 0) is 9.59 Å². The van der Waals surface area contributed by atoms with Crippen molar-refractivity contribution in [3.63, 3.8) is 0 Å². The Labute approximate surface area is 156 Å². The van der Waals surface area contributed by atoms with Gasteiger partial charge in [0, 0.05) is 32.0 Å². The quantitative estimate of drug-likeness (QED) is 0.880. The molecular weight excluding hydrogens is 326 g/mol. The summed E-state index contributed by atoms with van der Waals surface area (Å²) < 4.78 is 0. The topological polar surface area (TPSA) is 66.6 Å². The summed E-state index contributed by atoms with van der Waals surface area (Å²) in [7, 11) is 0. The third-order valence-corrected chi connectivity index (χ3v) is 5.86. The van der Waals surface area contributed by atoms with Gasteiger partial charge in [-0.2, -0.15) is 0 Å². The van der Waals surface area contributed by atoms with Crippen LogP contribution in [0.25, 0.3) is 0 Å². The Kier molecular flexibility index (Phi) is 6.30. The number of hydrogen-bond acceptors (Lipinski definition) is 3. The van der Waals surface area contributed by atoms with E-state index in [-0.39, 0.29) is 29.7 Å². The second-order valence-corrected chi connectivity index (χ2v) is 7.60. The van der Waals surface area contributed by atoms with Gasteiger partial charge >= 0.3 is 0 Å². The van der Waals surface area contributed by atoms with E-state index in [0.717, 1.165) is 25.7 Å². The van der Waals surface area contributed by atoms with Crippen LogP contribution in [0, 0.1) is 5.92 Å². The molecule has 2 amide bonds. The molecule has 1 aromatic rings. The van der Waals surface area contributed by atoms with E-state index in [0.29, 0.717) is 32.6 Å². The molecule has 1 aromatic carbocycles. The number of piperidine rings is 1. The second-order valence-electron chi connectivity index (χ2n) is 7.60. The molecule has 2 heterocycles. The fraction of sp³-hybridized carbons (Fsp3) is 0.619. The highest BCUT2D eigenvalue weighted by Crippen LogP contribution is 2.33. The van der Waals surface area contributed by atoms with Crippen molar-refractivity contribution in [1.82, 2.24) is 9.80 Å². The van der Waals surface area contributed by atoms with E-state index in [2.05, 4.69) is 12.1 Å². The summed E-state index contributed by atoms with van der Waals surface area (Å²) >= 11 is 0. The lowest BCUT2D eigenvalue weighted by molar-refractivity contribution is -0.147. The zero-order valence-corrected chi connectivity index (χ0v) is 15.8. The van der Waals surface area contributed by atoms with Crippen LogP contribution >= 0.6 is 0 Å². The average Bonchev–Trinajstić information content (AvgIpc) is 3.13. The van der Waals surface area contributed by atoms with Gasteiger partial charge in [0.05, 0.1) is 0 Å². The van der Waals surface area contributed by atoms with Crippen LogP contribution in [0.15, 0.2) is 30.3 Å². The maximum Gasteiger partial charge on any atom is 0.245 e. The number of carbonyl (C=O) groups excluding carboxylic acids is 2. The van der Waals surface area contributed by atoms with Crippen LogP contribution in [0.3, 0.4) is 0 Å². The summed E-state index contributed by atoms with van der Waals surface area (Å²) in [5.41, 5.74) is 7.27. The normalized spacial score (nSPS) is 26.2.